The molecule has 1 heterocycles. The zero-order valence-electron chi connectivity index (χ0n) is 12.0. The van der Waals surface area contributed by atoms with E-state index in [1.807, 2.05) is 30.3 Å². The molecule has 0 amide bonds. The van der Waals surface area contributed by atoms with Gasteiger partial charge in [0, 0.05) is 25.2 Å². The molecule has 0 radical (unpaired) electrons. The third-order valence-electron chi connectivity index (χ3n) is 3.94. The summed E-state index contributed by atoms with van der Waals surface area (Å²) in [6, 6.07) is 9.73. The molecule has 0 saturated carbocycles. The summed E-state index contributed by atoms with van der Waals surface area (Å²) in [5.74, 6) is 0.271. The number of nitrogens with zero attached hydrogens (tertiary/aromatic N) is 2. The van der Waals surface area contributed by atoms with E-state index in [-0.39, 0.29) is 11.8 Å². The van der Waals surface area contributed by atoms with Gasteiger partial charge < -0.3 is 4.90 Å². The first-order chi connectivity index (χ1) is 9.22. The second-order valence-corrected chi connectivity index (χ2v) is 5.35. The van der Waals surface area contributed by atoms with Crippen LogP contribution in [0.1, 0.15) is 30.1 Å². The first-order valence-electron chi connectivity index (χ1n) is 7.24. The van der Waals surface area contributed by atoms with Crippen molar-refractivity contribution in [1.29, 1.82) is 0 Å². The second kappa shape index (κ2) is 6.83. The molecule has 19 heavy (non-hydrogen) atoms. The number of hydrogen-bond acceptors (Lipinski definition) is 3. The maximum atomic E-state index is 12.6. The van der Waals surface area contributed by atoms with Crippen LogP contribution in [-0.4, -0.2) is 54.9 Å². The molecule has 0 aromatic heterocycles. The summed E-state index contributed by atoms with van der Waals surface area (Å²) < 4.78 is 0. The van der Waals surface area contributed by atoms with Gasteiger partial charge in [0.2, 0.25) is 0 Å². The third-order valence-corrected chi connectivity index (χ3v) is 3.94. The minimum atomic E-state index is 0.0360. The molecule has 1 aliphatic rings. The van der Waals surface area contributed by atoms with Gasteiger partial charge in [-0.2, -0.15) is 0 Å². The number of hydrogen-bond donors (Lipinski definition) is 0. The maximum absolute atomic E-state index is 12.6. The summed E-state index contributed by atoms with van der Waals surface area (Å²) in [7, 11) is 2.16. The van der Waals surface area contributed by atoms with Crippen molar-refractivity contribution in [2.45, 2.75) is 25.8 Å². The van der Waals surface area contributed by atoms with E-state index >= 15 is 0 Å². The average Bonchev–Trinajstić information content (AvgIpc) is 2.66. The van der Waals surface area contributed by atoms with Crippen molar-refractivity contribution in [3.05, 3.63) is 35.9 Å². The molecule has 1 aromatic rings. The van der Waals surface area contributed by atoms with E-state index < -0.39 is 0 Å². The molecule has 0 N–H and O–H groups in total. The summed E-state index contributed by atoms with van der Waals surface area (Å²) in [5.41, 5.74) is 0.840. The molecule has 0 aliphatic carbocycles. The molecule has 0 spiro atoms. The van der Waals surface area contributed by atoms with Gasteiger partial charge in [-0.15, -0.1) is 0 Å². The molecule has 1 aliphatic heterocycles. The highest BCUT2D eigenvalue weighted by atomic mass is 16.1. The highest BCUT2D eigenvalue weighted by Crippen LogP contribution is 2.14. The van der Waals surface area contributed by atoms with Crippen LogP contribution in [0, 0.1) is 0 Å². The lowest BCUT2D eigenvalue weighted by atomic mass is 10.0. The number of carbonyl (C=O) groups excluding carboxylic acids is 1. The van der Waals surface area contributed by atoms with Crippen LogP contribution >= 0.6 is 0 Å². The molecule has 1 fully saturated rings. The fourth-order valence-electron chi connectivity index (χ4n) is 2.78. The van der Waals surface area contributed by atoms with Crippen LogP contribution in [-0.2, 0) is 0 Å². The Bertz CT molecular complexity index is 404. The Morgan fingerprint density at radius 3 is 2.58 bits per heavy atom. The lowest BCUT2D eigenvalue weighted by Gasteiger charge is -2.28. The molecular formula is C16H24N2O. The molecule has 0 bridgehead atoms. The summed E-state index contributed by atoms with van der Waals surface area (Å²) in [4.78, 5) is 17.3. The van der Waals surface area contributed by atoms with Gasteiger partial charge in [-0.25, -0.2) is 0 Å². The minimum absolute atomic E-state index is 0.0360. The van der Waals surface area contributed by atoms with E-state index in [1.54, 1.807) is 0 Å². The Labute approximate surface area is 116 Å². The Morgan fingerprint density at radius 2 is 1.89 bits per heavy atom. The molecular weight excluding hydrogens is 236 g/mol. The largest absolute Gasteiger partial charge is 0.305 e. The lowest BCUT2D eigenvalue weighted by molar-refractivity contribution is 0.0817. The van der Waals surface area contributed by atoms with E-state index in [0.29, 0.717) is 0 Å². The second-order valence-electron chi connectivity index (χ2n) is 5.35. The number of Topliss-reactive ketones (excluding diaryl/α,β-unsaturated/α-hetero) is 1. The molecule has 2 rings (SSSR count). The molecule has 3 heteroatoms. The smallest absolute Gasteiger partial charge is 0.179 e. The SMILES string of the molecule is CCC(C(=O)c1ccccc1)N1CCCN(C)CC1. The van der Waals surface area contributed by atoms with Crippen LogP contribution in [0.15, 0.2) is 30.3 Å². The predicted octanol–water partition coefficient (Wildman–Crippen LogP) is 2.29. The molecule has 1 atom stereocenters. The predicted molar refractivity (Wildman–Crippen MR) is 78.5 cm³/mol. The summed E-state index contributed by atoms with van der Waals surface area (Å²) in [5, 5.41) is 0. The van der Waals surface area contributed by atoms with E-state index in [0.717, 1.165) is 44.6 Å². The zero-order chi connectivity index (χ0) is 13.7. The number of carbonyl (C=O) groups is 1. The molecule has 1 saturated heterocycles. The van der Waals surface area contributed by atoms with E-state index in [9.17, 15) is 4.79 Å². The highest BCUT2D eigenvalue weighted by molar-refractivity contribution is 6.00. The average molecular weight is 260 g/mol. The molecule has 1 unspecified atom stereocenters. The van der Waals surface area contributed by atoms with Crippen molar-refractivity contribution in [2.75, 3.05) is 33.2 Å². The standard InChI is InChI=1S/C16H24N2O/c1-3-15(16(19)14-8-5-4-6-9-14)18-11-7-10-17(2)12-13-18/h4-6,8-9,15H,3,7,10-13H2,1-2H3. The van der Waals surface area contributed by atoms with Crippen LogP contribution in [0.3, 0.4) is 0 Å². The molecule has 104 valence electrons. The first kappa shape index (κ1) is 14.2. The van der Waals surface area contributed by atoms with Gasteiger partial charge in [-0.05, 0) is 26.4 Å². The van der Waals surface area contributed by atoms with Crippen molar-refractivity contribution in [2.24, 2.45) is 0 Å². The summed E-state index contributed by atoms with van der Waals surface area (Å²) in [6.45, 7) is 6.32. The minimum Gasteiger partial charge on any atom is -0.305 e. The van der Waals surface area contributed by atoms with Gasteiger partial charge in [-0.1, -0.05) is 37.3 Å². The normalized spacial score (nSPS) is 19.9. The van der Waals surface area contributed by atoms with Crippen molar-refractivity contribution in [3.8, 4) is 0 Å². The van der Waals surface area contributed by atoms with Crippen molar-refractivity contribution in [3.63, 3.8) is 0 Å². The monoisotopic (exact) mass is 260 g/mol. The van der Waals surface area contributed by atoms with Crippen LogP contribution in [0.25, 0.3) is 0 Å². The lowest BCUT2D eigenvalue weighted by Crippen LogP contribution is -2.42. The van der Waals surface area contributed by atoms with Gasteiger partial charge in [0.05, 0.1) is 6.04 Å². The van der Waals surface area contributed by atoms with Crippen molar-refractivity contribution < 1.29 is 4.79 Å². The summed E-state index contributed by atoms with van der Waals surface area (Å²) in [6.07, 6.45) is 2.03. The van der Waals surface area contributed by atoms with Gasteiger partial charge in [0.1, 0.15) is 0 Å². The van der Waals surface area contributed by atoms with Crippen LogP contribution < -0.4 is 0 Å². The molecule has 3 nitrogen and oxygen atoms in total. The first-order valence-corrected chi connectivity index (χ1v) is 7.24. The van der Waals surface area contributed by atoms with Crippen LogP contribution in [0.4, 0.5) is 0 Å². The Hall–Kier alpha value is -1.19. The third kappa shape index (κ3) is 3.64. The maximum Gasteiger partial charge on any atom is 0.179 e. The van der Waals surface area contributed by atoms with Gasteiger partial charge >= 0.3 is 0 Å². The number of ketones is 1. The fourth-order valence-corrected chi connectivity index (χ4v) is 2.78. The van der Waals surface area contributed by atoms with E-state index in [1.165, 1.54) is 0 Å². The van der Waals surface area contributed by atoms with Gasteiger partial charge in [0.25, 0.3) is 0 Å². The topological polar surface area (TPSA) is 23.6 Å². The summed E-state index contributed by atoms with van der Waals surface area (Å²) >= 11 is 0. The van der Waals surface area contributed by atoms with Crippen LogP contribution in [0.2, 0.25) is 0 Å². The quantitative estimate of drug-likeness (QED) is 0.776. The Balaban J connectivity index is 2.09. The van der Waals surface area contributed by atoms with Crippen LogP contribution in [0.5, 0.6) is 0 Å². The number of rotatable bonds is 4. The van der Waals surface area contributed by atoms with Gasteiger partial charge in [0.15, 0.2) is 5.78 Å². The van der Waals surface area contributed by atoms with Crippen molar-refractivity contribution in [1.82, 2.24) is 9.80 Å². The van der Waals surface area contributed by atoms with Crippen molar-refractivity contribution >= 4 is 5.78 Å². The van der Waals surface area contributed by atoms with Gasteiger partial charge in [-0.3, -0.25) is 9.69 Å². The van der Waals surface area contributed by atoms with E-state index in [4.69, 9.17) is 0 Å². The fraction of sp³-hybridized carbons (Fsp3) is 0.562. The number of likely N-dealkylation sites (N-methyl/N-ethyl adjacent to an activating group) is 1. The number of benzene rings is 1. The van der Waals surface area contributed by atoms with E-state index in [2.05, 4.69) is 23.8 Å². The Morgan fingerprint density at radius 1 is 1.16 bits per heavy atom. The Kier molecular flexibility index (Phi) is 5.11. The highest BCUT2D eigenvalue weighted by Gasteiger charge is 2.26. The molecule has 1 aromatic carbocycles. The zero-order valence-corrected chi connectivity index (χ0v) is 12.0.